The van der Waals surface area contributed by atoms with Gasteiger partial charge in [-0.1, -0.05) is 12.1 Å². The molecule has 0 atom stereocenters. The smallest absolute Gasteiger partial charge is 0.276 e. The molecular weight excluding hydrogens is 272 g/mol. The molecule has 8 heteroatoms. The van der Waals surface area contributed by atoms with Gasteiger partial charge in [-0.25, -0.2) is 10.8 Å². The lowest BCUT2D eigenvalue weighted by Gasteiger charge is -2.10. The maximum absolute atomic E-state index is 10.9. The van der Waals surface area contributed by atoms with Crippen LogP contribution in [-0.2, 0) is 0 Å². The first-order valence-electron chi connectivity index (χ1n) is 5.95. The molecule has 106 valence electrons. The van der Waals surface area contributed by atoms with Gasteiger partial charge in [0.1, 0.15) is 17.7 Å². The zero-order valence-corrected chi connectivity index (χ0v) is 11.1. The fourth-order valence-electron chi connectivity index (χ4n) is 1.82. The van der Waals surface area contributed by atoms with Gasteiger partial charge in [0.25, 0.3) is 5.69 Å². The van der Waals surface area contributed by atoms with Crippen LogP contribution in [0.2, 0.25) is 0 Å². The molecule has 0 saturated carbocycles. The van der Waals surface area contributed by atoms with E-state index in [1.54, 1.807) is 25.1 Å². The SMILES string of the molecule is Cc1cccc(Nc2cc([N+](=O)[O-])cc(NN)n2)c1C#N. The number of aromatic nitrogens is 1. The molecule has 2 aromatic rings. The summed E-state index contributed by atoms with van der Waals surface area (Å²) in [7, 11) is 0. The van der Waals surface area contributed by atoms with Crippen LogP contribution >= 0.6 is 0 Å². The van der Waals surface area contributed by atoms with Crippen LogP contribution in [0, 0.1) is 28.4 Å². The molecule has 0 aliphatic carbocycles. The summed E-state index contributed by atoms with van der Waals surface area (Å²) in [6.45, 7) is 1.80. The minimum atomic E-state index is -0.546. The average molecular weight is 284 g/mol. The van der Waals surface area contributed by atoms with Gasteiger partial charge in [-0.2, -0.15) is 5.26 Å². The highest BCUT2D eigenvalue weighted by Crippen LogP contribution is 2.26. The molecule has 1 aromatic carbocycles. The lowest BCUT2D eigenvalue weighted by atomic mass is 10.1. The number of hydrazine groups is 1. The molecule has 0 spiro atoms. The third kappa shape index (κ3) is 3.05. The van der Waals surface area contributed by atoms with E-state index in [0.29, 0.717) is 11.3 Å². The molecular formula is C13H12N6O2. The summed E-state index contributed by atoms with van der Waals surface area (Å²) in [6.07, 6.45) is 0. The number of hydrogen-bond acceptors (Lipinski definition) is 7. The van der Waals surface area contributed by atoms with Crippen molar-refractivity contribution < 1.29 is 4.92 Å². The summed E-state index contributed by atoms with van der Waals surface area (Å²) in [4.78, 5) is 14.4. The molecule has 2 rings (SSSR count). The van der Waals surface area contributed by atoms with Gasteiger partial charge in [-0.05, 0) is 18.6 Å². The van der Waals surface area contributed by atoms with Crippen molar-refractivity contribution in [3.8, 4) is 6.07 Å². The highest BCUT2D eigenvalue weighted by Gasteiger charge is 2.12. The van der Waals surface area contributed by atoms with Gasteiger partial charge in [0.05, 0.1) is 28.3 Å². The highest BCUT2D eigenvalue weighted by atomic mass is 16.6. The number of nitrogens with zero attached hydrogens (tertiary/aromatic N) is 3. The second kappa shape index (κ2) is 5.85. The number of nitrogens with one attached hydrogen (secondary N) is 2. The van der Waals surface area contributed by atoms with E-state index in [-0.39, 0.29) is 17.3 Å². The van der Waals surface area contributed by atoms with Crippen molar-refractivity contribution >= 4 is 23.0 Å². The van der Waals surface area contributed by atoms with E-state index in [1.165, 1.54) is 12.1 Å². The number of aryl methyl sites for hydroxylation is 1. The van der Waals surface area contributed by atoms with Gasteiger partial charge < -0.3 is 10.7 Å². The Morgan fingerprint density at radius 2 is 2.10 bits per heavy atom. The summed E-state index contributed by atoms with van der Waals surface area (Å²) in [5.41, 5.74) is 3.88. The summed E-state index contributed by atoms with van der Waals surface area (Å²) in [5.74, 6) is 5.62. The van der Waals surface area contributed by atoms with Crippen LogP contribution in [0.1, 0.15) is 11.1 Å². The van der Waals surface area contributed by atoms with Gasteiger partial charge in [-0.3, -0.25) is 10.1 Å². The predicted octanol–water partition coefficient (Wildman–Crippen LogP) is 2.20. The minimum Gasteiger partial charge on any atom is -0.339 e. The number of pyridine rings is 1. The molecule has 0 aliphatic rings. The van der Waals surface area contributed by atoms with Crippen molar-refractivity contribution in [2.24, 2.45) is 5.84 Å². The minimum absolute atomic E-state index is 0.151. The van der Waals surface area contributed by atoms with Gasteiger partial charge >= 0.3 is 0 Å². The van der Waals surface area contributed by atoms with E-state index in [2.05, 4.69) is 21.8 Å². The fraction of sp³-hybridized carbons (Fsp3) is 0.0769. The van der Waals surface area contributed by atoms with Crippen LogP contribution < -0.4 is 16.6 Å². The monoisotopic (exact) mass is 284 g/mol. The lowest BCUT2D eigenvalue weighted by molar-refractivity contribution is -0.384. The maximum atomic E-state index is 10.9. The molecule has 0 fully saturated rings. The number of rotatable bonds is 4. The van der Waals surface area contributed by atoms with Crippen LogP contribution in [0.25, 0.3) is 0 Å². The molecule has 0 aliphatic heterocycles. The average Bonchev–Trinajstić information content (AvgIpc) is 2.47. The summed E-state index contributed by atoms with van der Waals surface area (Å²) in [5, 5.41) is 23.0. The predicted molar refractivity (Wildman–Crippen MR) is 77.9 cm³/mol. The molecule has 4 N–H and O–H groups in total. The number of hydrogen-bond donors (Lipinski definition) is 3. The number of anilines is 3. The van der Waals surface area contributed by atoms with Crippen molar-refractivity contribution in [1.82, 2.24) is 4.98 Å². The van der Waals surface area contributed by atoms with Crippen molar-refractivity contribution in [3.63, 3.8) is 0 Å². The molecule has 1 aromatic heterocycles. The topological polar surface area (TPSA) is 130 Å². The van der Waals surface area contributed by atoms with Crippen molar-refractivity contribution in [2.75, 3.05) is 10.7 Å². The number of nitriles is 1. The standard InChI is InChI=1S/C13H12N6O2/c1-8-3-2-4-11(10(8)7-14)16-12-5-9(19(20)21)6-13(17-12)18-15/h2-6H,15H2,1H3,(H2,16,17,18). The maximum Gasteiger partial charge on any atom is 0.276 e. The van der Waals surface area contributed by atoms with E-state index >= 15 is 0 Å². The third-order valence-electron chi connectivity index (χ3n) is 2.82. The normalized spacial score (nSPS) is 9.76. The first-order chi connectivity index (χ1) is 10.0. The van der Waals surface area contributed by atoms with Crippen molar-refractivity contribution in [1.29, 1.82) is 5.26 Å². The van der Waals surface area contributed by atoms with Gasteiger partial charge in [0, 0.05) is 0 Å². The second-order valence-corrected chi connectivity index (χ2v) is 4.23. The Morgan fingerprint density at radius 1 is 1.38 bits per heavy atom. The Labute approximate surface area is 120 Å². The van der Waals surface area contributed by atoms with Gasteiger partial charge in [0.15, 0.2) is 0 Å². The molecule has 8 nitrogen and oxygen atoms in total. The molecule has 0 amide bonds. The lowest BCUT2D eigenvalue weighted by Crippen LogP contribution is -2.10. The number of benzene rings is 1. The number of nitrogen functional groups attached to an aromatic ring is 1. The Kier molecular flexibility index (Phi) is 3.97. The molecule has 0 saturated heterocycles. The largest absolute Gasteiger partial charge is 0.339 e. The molecule has 0 radical (unpaired) electrons. The van der Waals surface area contributed by atoms with E-state index in [1.807, 2.05) is 0 Å². The zero-order chi connectivity index (χ0) is 15.4. The first kappa shape index (κ1) is 14.2. The molecule has 0 bridgehead atoms. The van der Waals surface area contributed by atoms with Gasteiger partial charge in [0.2, 0.25) is 0 Å². The van der Waals surface area contributed by atoms with E-state index in [4.69, 9.17) is 11.1 Å². The molecule has 21 heavy (non-hydrogen) atoms. The van der Waals surface area contributed by atoms with Crippen LogP contribution in [0.3, 0.4) is 0 Å². The second-order valence-electron chi connectivity index (χ2n) is 4.23. The van der Waals surface area contributed by atoms with E-state index < -0.39 is 4.92 Å². The van der Waals surface area contributed by atoms with Crippen molar-refractivity contribution in [3.05, 3.63) is 51.6 Å². The van der Waals surface area contributed by atoms with Crippen molar-refractivity contribution in [2.45, 2.75) is 6.92 Å². The summed E-state index contributed by atoms with van der Waals surface area (Å²) >= 11 is 0. The van der Waals surface area contributed by atoms with Gasteiger partial charge in [-0.15, -0.1) is 0 Å². The highest BCUT2D eigenvalue weighted by molar-refractivity contribution is 5.68. The number of nitrogens with two attached hydrogens (primary N) is 1. The molecule has 0 unspecified atom stereocenters. The van der Waals surface area contributed by atoms with Crippen LogP contribution in [0.15, 0.2) is 30.3 Å². The van der Waals surface area contributed by atoms with Crippen LogP contribution in [-0.4, -0.2) is 9.91 Å². The van der Waals surface area contributed by atoms with Crippen LogP contribution in [0.5, 0.6) is 0 Å². The summed E-state index contributed by atoms with van der Waals surface area (Å²) in [6, 6.07) is 9.84. The summed E-state index contributed by atoms with van der Waals surface area (Å²) < 4.78 is 0. The Hall–Kier alpha value is -3.18. The van der Waals surface area contributed by atoms with Crippen LogP contribution in [0.4, 0.5) is 23.0 Å². The zero-order valence-electron chi connectivity index (χ0n) is 11.1. The Bertz CT molecular complexity index is 738. The third-order valence-corrected chi connectivity index (χ3v) is 2.82. The van der Waals surface area contributed by atoms with E-state index in [9.17, 15) is 10.1 Å². The first-order valence-corrected chi connectivity index (χ1v) is 5.95. The Balaban J connectivity index is 2.45. The quantitative estimate of drug-likeness (QED) is 0.445. The van der Waals surface area contributed by atoms with E-state index in [0.717, 1.165) is 5.56 Å². The fourth-order valence-corrected chi connectivity index (χ4v) is 1.82. The number of nitro groups is 1. The molecule has 1 heterocycles. The Morgan fingerprint density at radius 3 is 2.71 bits per heavy atom.